The molecule has 1 aromatic heterocycles. The van der Waals surface area contributed by atoms with Crippen LogP contribution in [0.5, 0.6) is 0 Å². The van der Waals surface area contributed by atoms with Gasteiger partial charge in [0.15, 0.2) is 0 Å². The summed E-state index contributed by atoms with van der Waals surface area (Å²) in [4.78, 5) is 25.2. The Hall–Kier alpha value is -1.70. The van der Waals surface area contributed by atoms with Crippen molar-refractivity contribution in [3.63, 3.8) is 0 Å². The van der Waals surface area contributed by atoms with Crippen molar-refractivity contribution in [2.75, 3.05) is 11.9 Å². The molecule has 2 heterocycles. The number of nitro groups is 1. The fourth-order valence-corrected chi connectivity index (χ4v) is 2.26. The maximum absolute atomic E-state index is 11.0. The van der Waals surface area contributed by atoms with Crippen molar-refractivity contribution in [2.24, 2.45) is 0 Å². The molecule has 1 fully saturated rings. The predicted molar refractivity (Wildman–Crippen MR) is 68.2 cm³/mol. The van der Waals surface area contributed by atoms with Crippen molar-refractivity contribution in [1.29, 1.82) is 0 Å². The average molecular weight is 315 g/mol. The number of rotatable bonds is 4. The number of hydrogen-bond donors (Lipinski definition) is 2. The second-order valence-electron chi connectivity index (χ2n) is 3.96. The Bertz CT molecular complexity index is 494. The predicted octanol–water partition coefficient (Wildman–Crippen LogP) is 1.44. The Morgan fingerprint density at radius 2 is 2.39 bits per heavy atom. The number of carbonyl (C=O) groups excluding carboxylic acids is 1. The smallest absolute Gasteiger partial charge is 0.311 e. The molecule has 1 amide bonds. The molecule has 0 aliphatic carbocycles. The van der Waals surface area contributed by atoms with Gasteiger partial charge in [0.1, 0.15) is 11.9 Å². The third-order valence-electron chi connectivity index (χ3n) is 2.69. The molecular weight excluding hydrogens is 304 g/mol. The fourth-order valence-electron chi connectivity index (χ4n) is 1.79. The maximum Gasteiger partial charge on any atom is 0.311 e. The minimum absolute atomic E-state index is 0.0113. The van der Waals surface area contributed by atoms with Crippen molar-refractivity contribution in [1.82, 2.24) is 10.3 Å². The Morgan fingerprint density at radius 3 is 3.00 bits per heavy atom. The molecule has 0 bridgehead atoms. The SMILES string of the molecule is O=C1CCC(CNc2c(Br)cncc2[N+](=O)[O-])N1. The van der Waals surface area contributed by atoms with Crippen LogP contribution in [0.1, 0.15) is 12.8 Å². The van der Waals surface area contributed by atoms with Crippen LogP contribution < -0.4 is 10.6 Å². The molecule has 1 unspecified atom stereocenters. The van der Waals surface area contributed by atoms with Crippen LogP contribution >= 0.6 is 15.9 Å². The minimum atomic E-state index is -0.493. The molecule has 1 aliphatic rings. The summed E-state index contributed by atoms with van der Waals surface area (Å²) in [6.07, 6.45) is 3.93. The summed E-state index contributed by atoms with van der Waals surface area (Å²) in [5.41, 5.74) is 0.296. The Balaban J connectivity index is 2.08. The summed E-state index contributed by atoms with van der Waals surface area (Å²) < 4.78 is 0.529. The molecule has 2 N–H and O–H groups in total. The van der Waals surface area contributed by atoms with Gasteiger partial charge >= 0.3 is 5.69 Å². The van der Waals surface area contributed by atoms with E-state index in [0.29, 0.717) is 23.1 Å². The third-order valence-corrected chi connectivity index (χ3v) is 3.29. The summed E-state index contributed by atoms with van der Waals surface area (Å²) in [6.45, 7) is 0.454. The molecule has 0 saturated carbocycles. The monoisotopic (exact) mass is 314 g/mol. The summed E-state index contributed by atoms with van der Waals surface area (Å²) in [7, 11) is 0. The maximum atomic E-state index is 11.0. The highest BCUT2D eigenvalue weighted by Crippen LogP contribution is 2.31. The van der Waals surface area contributed by atoms with E-state index in [1.165, 1.54) is 12.4 Å². The van der Waals surface area contributed by atoms with Gasteiger partial charge in [-0.1, -0.05) is 0 Å². The van der Waals surface area contributed by atoms with E-state index in [-0.39, 0.29) is 17.6 Å². The van der Waals surface area contributed by atoms with Gasteiger partial charge in [-0.25, -0.2) is 0 Å². The van der Waals surface area contributed by atoms with Gasteiger partial charge in [0.2, 0.25) is 5.91 Å². The number of hydrogen-bond acceptors (Lipinski definition) is 5. The number of anilines is 1. The van der Waals surface area contributed by atoms with Gasteiger partial charge in [-0.05, 0) is 22.4 Å². The highest BCUT2D eigenvalue weighted by molar-refractivity contribution is 9.10. The van der Waals surface area contributed by atoms with E-state index >= 15 is 0 Å². The normalized spacial score (nSPS) is 18.5. The average Bonchev–Trinajstić information content (AvgIpc) is 2.73. The highest BCUT2D eigenvalue weighted by Gasteiger charge is 2.23. The first-order chi connectivity index (χ1) is 8.58. The lowest BCUT2D eigenvalue weighted by atomic mass is 10.2. The first kappa shape index (κ1) is 12.7. The number of carbonyl (C=O) groups is 1. The van der Waals surface area contributed by atoms with E-state index in [1.54, 1.807) is 0 Å². The lowest BCUT2D eigenvalue weighted by Crippen LogP contribution is -2.32. The minimum Gasteiger partial charge on any atom is -0.376 e. The van der Waals surface area contributed by atoms with Crippen LogP contribution in [-0.2, 0) is 4.79 Å². The topological polar surface area (TPSA) is 97.2 Å². The molecule has 0 aromatic carbocycles. The quantitative estimate of drug-likeness (QED) is 0.647. The zero-order valence-electron chi connectivity index (χ0n) is 9.35. The van der Waals surface area contributed by atoms with Crippen LogP contribution in [0.15, 0.2) is 16.9 Å². The van der Waals surface area contributed by atoms with E-state index < -0.39 is 4.92 Å². The van der Waals surface area contributed by atoms with Crippen LogP contribution in [0.2, 0.25) is 0 Å². The third kappa shape index (κ3) is 2.76. The van der Waals surface area contributed by atoms with Crippen LogP contribution in [0, 0.1) is 10.1 Å². The van der Waals surface area contributed by atoms with E-state index in [9.17, 15) is 14.9 Å². The first-order valence-corrected chi connectivity index (χ1v) is 6.18. The number of pyridine rings is 1. The molecule has 0 spiro atoms. The van der Waals surface area contributed by atoms with Crippen molar-refractivity contribution in [3.8, 4) is 0 Å². The summed E-state index contributed by atoms with van der Waals surface area (Å²) in [6, 6.07) is 0.0113. The molecule has 7 nitrogen and oxygen atoms in total. The molecular formula is C10H11BrN4O3. The molecule has 1 aliphatic heterocycles. The number of halogens is 1. The molecule has 2 rings (SSSR count). The van der Waals surface area contributed by atoms with Gasteiger partial charge in [-0.2, -0.15) is 0 Å². The number of nitrogens with zero attached hydrogens (tertiary/aromatic N) is 2. The van der Waals surface area contributed by atoms with E-state index in [4.69, 9.17) is 0 Å². The fraction of sp³-hybridized carbons (Fsp3) is 0.400. The van der Waals surface area contributed by atoms with E-state index in [1.807, 2.05) is 0 Å². The lowest BCUT2D eigenvalue weighted by molar-refractivity contribution is -0.384. The Labute approximate surface area is 111 Å². The number of nitrogens with one attached hydrogen (secondary N) is 2. The van der Waals surface area contributed by atoms with Gasteiger partial charge in [-0.3, -0.25) is 19.9 Å². The standard InChI is InChI=1S/C10H11BrN4O3/c11-7-4-12-5-8(15(17)18)10(7)13-3-6-1-2-9(16)14-6/h4-6H,1-3H2,(H,12,13)(H,14,16). The Morgan fingerprint density at radius 1 is 1.61 bits per heavy atom. The molecule has 8 heteroatoms. The number of amides is 1. The second kappa shape index (κ2) is 5.30. The van der Waals surface area contributed by atoms with Crippen molar-refractivity contribution >= 4 is 33.2 Å². The van der Waals surface area contributed by atoms with Gasteiger partial charge in [0.25, 0.3) is 0 Å². The zero-order chi connectivity index (χ0) is 13.1. The molecule has 1 atom stereocenters. The van der Waals surface area contributed by atoms with Gasteiger partial charge in [-0.15, -0.1) is 0 Å². The zero-order valence-corrected chi connectivity index (χ0v) is 10.9. The lowest BCUT2D eigenvalue weighted by Gasteiger charge is -2.13. The van der Waals surface area contributed by atoms with Crippen molar-refractivity contribution in [2.45, 2.75) is 18.9 Å². The molecule has 1 saturated heterocycles. The van der Waals surface area contributed by atoms with Crippen molar-refractivity contribution < 1.29 is 9.72 Å². The van der Waals surface area contributed by atoms with Crippen LogP contribution in [0.3, 0.4) is 0 Å². The van der Waals surface area contributed by atoms with E-state index in [2.05, 4.69) is 31.5 Å². The van der Waals surface area contributed by atoms with Crippen LogP contribution in [0.25, 0.3) is 0 Å². The van der Waals surface area contributed by atoms with Gasteiger partial charge < -0.3 is 10.6 Å². The van der Waals surface area contributed by atoms with Crippen LogP contribution in [-0.4, -0.2) is 28.4 Å². The van der Waals surface area contributed by atoms with Gasteiger partial charge in [0.05, 0.1) is 9.40 Å². The highest BCUT2D eigenvalue weighted by atomic mass is 79.9. The molecule has 18 heavy (non-hydrogen) atoms. The van der Waals surface area contributed by atoms with Crippen LogP contribution in [0.4, 0.5) is 11.4 Å². The summed E-state index contributed by atoms with van der Waals surface area (Å²) in [5, 5.41) is 16.6. The second-order valence-corrected chi connectivity index (χ2v) is 4.81. The molecule has 0 radical (unpaired) electrons. The van der Waals surface area contributed by atoms with Crippen molar-refractivity contribution in [3.05, 3.63) is 27.0 Å². The van der Waals surface area contributed by atoms with E-state index in [0.717, 1.165) is 6.42 Å². The van der Waals surface area contributed by atoms with Gasteiger partial charge in [0, 0.05) is 25.2 Å². The molecule has 96 valence electrons. The first-order valence-electron chi connectivity index (χ1n) is 5.39. The number of aromatic nitrogens is 1. The molecule has 1 aromatic rings. The summed E-state index contributed by atoms with van der Waals surface area (Å²) >= 11 is 3.22. The largest absolute Gasteiger partial charge is 0.376 e. The summed E-state index contributed by atoms with van der Waals surface area (Å²) in [5.74, 6) is 0.0186. The Kier molecular flexibility index (Phi) is 3.75.